The Balaban J connectivity index is 2.11. The predicted molar refractivity (Wildman–Crippen MR) is 81.4 cm³/mol. The Kier molecular flexibility index (Phi) is 4.65. The van der Waals surface area contributed by atoms with Gasteiger partial charge in [0.1, 0.15) is 0 Å². The van der Waals surface area contributed by atoms with Gasteiger partial charge in [-0.2, -0.15) is 0 Å². The molecule has 0 bridgehead atoms. The summed E-state index contributed by atoms with van der Waals surface area (Å²) in [5, 5.41) is 3.28. The third-order valence-corrected chi connectivity index (χ3v) is 4.61. The zero-order valence-electron chi connectivity index (χ0n) is 11.4. The van der Waals surface area contributed by atoms with Crippen LogP contribution in [0.4, 0.5) is 5.69 Å². The molecule has 0 aliphatic carbocycles. The van der Waals surface area contributed by atoms with E-state index in [1.54, 1.807) is 0 Å². The van der Waals surface area contributed by atoms with Gasteiger partial charge < -0.3 is 10.2 Å². The van der Waals surface area contributed by atoms with E-state index in [9.17, 15) is 0 Å². The van der Waals surface area contributed by atoms with Crippen LogP contribution in [-0.2, 0) is 0 Å². The second-order valence-corrected chi connectivity index (χ2v) is 5.93. The minimum absolute atomic E-state index is 0.590. The second-order valence-electron chi connectivity index (χ2n) is 5.07. The van der Waals surface area contributed by atoms with Gasteiger partial charge in [-0.25, -0.2) is 0 Å². The molecule has 1 aliphatic heterocycles. The zero-order chi connectivity index (χ0) is 13.1. The second kappa shape index (κ2) is 6.04. The fourth-order valence-electron chi connectivity index (χ4n) is 2.46. The van der Waals surface area contributed by atoms with E-state index in [-0.39, 0.29) is 0 Å². The number of benzene rings is 1. The van der Waals surface area contributed by atoms with E-state index in [1.807, 2.05) is 7.05 Å². The highest BCUT2D eigenvalue weighted by atomic mass is 79.9. The number of rotatable bonds is 3. The lowest BCUT2D eigenvalue weighted by Crippen LogP contribution is -2.54. The molecule has 1 aromatic rings. The van der Waals surface area contributed by atoms with Crippen LogP contribution in [0.3, 0.4) is 0 Å². The molecule has 3 nitrogen and oxygen atoms in total. The molecule has 0 amide bonds. The van der Waals surface area contributed by atoms with E-state index < -0.39 is 0 Å². The van der Waals surface area contributed by atoms with Crippen molar-refractivity contribution in [1.29, 1.82) is 0 Å². The third kappa shape index (κ3) is 3.05. The molecule has 1 atom stereocenters. The summed E-state index contributed by atoms with van der Waals surface area (Å²) in [6, 6.07) is 7.22. The van der Waals surface area contributed by atoms with Crippen LogP contribution in [0.5, 0.6) is 0 Å². The molecule has 18 heavy (non-hydrogen) atoms. The van der Waals surface area contributed by atoms with Gasteiger partial charge in [-0.3, -0.25) is 4.90 Å². The van der Waals surface area contributed by atoms with Crippen LogP contribution in [0.15, 0.2) is 22.7 Å². The van der Waals surface area contributed by atoms with Crippen molar-refractivity contribution < 1.29 is 0 Å². The van der Waals surface area contributed by atoms with Gasteiger partial charge in [0, 0.05) is 42.4 Å². The number of anilines is 1. The predicted octanol–water partition coefficient (Wildman–Crippen LogP) is 2.10. The van der Waals surface area contributed by atoms with E-state index in [2.05, 4.69) is 63.2 Å². The lowest BCUT2D eigenvalue weighted by molar-refractivity contribution is 0.216. The molecular formula is C14H22BrN3. The number of hydrogen-bond acceptors (Lipinski definition) is 3. The average molecular weight is 312 g/mol. The van der Waals surface area contributed by atoms with Crippen LogP contribution in [0.25, 0.3) is 0 Å². The van der Waals surface area contributed by atoms with Gasteiger partial charge in [-0.1, -0.05) is 15.9 Å². The molecule has 1 aromatic carbocycles. The quantitative estimate of drug-likeness (QED) is 0.922. The molecule has 2 rings (SSSR count). The van der Waals surface area contributed by atoms with Crippen LogP contribution in [0.2, 0.25) is 0 Å². The fraction of sp³-hybridized carbons (Fsp3) is 0.571. The molecule has 4 heteroatoms. The topological polar surface area (TPSA) is 18.5 Å². The highest BCUT2D eigenvalue weighted by Crippen LogP contribution is 2.24. The maximum atomic E-state index is 3.56. The molecule has 1 N–H and O–H groups in total. The molecule has 1 aliphatic rings. The molecule has 100 valence electrons. The number of nitrogens with zero attached hydrogens (tertiary/aromatic N) is 2. The van der Waals surface area contributed by atoms with E-state index in [4.69, 9.17) is 0 Å². The highest BCUT2D eigenvalue weighted by molar-refractivity contribution is 9.10. The first-order valence-corrected chi connectivity index (χ1v) is 7.27. The number of piperazine rings is 1. The number of hydrogen-bond donors (Lipinski definition) is 1. The molecule has 0 saturated carbocycles. The zero-order valence-corrected chi connectivity index (χ0v) is 13.0. The summed E-state index contributed by atoms with van der Waals surface area (Å²) in [4.78, 5) is 4.93. The van der Waals surface area contributed by atoms with Crippen molar-refractivity contribution in [2.24, 2.45) is 0 Å². The Morgan fingerprint density at radius 3 is 2.83 bits per heavy atom. The number of halogens is 1. The van der Waals surface area contributed by atoms with Crippen LogP contribution in [0, 0.1) is 6.92 Å². The summed E-state index contributed by atoms with van der Waals surface area (Å²) in [5.74, 6) is 0. The van der Waals surface area contributed by atoms with Crippen LogP contribution in [-0.4, -0.2) is 51.2 Å². The van der Waals surface area contributed by atoms with Crippen LogP contribution >= 0.6 is 15.9 Å². The smallest absolute Gasteiger partial charge is 0.0393 e. The van der Waals surface area contributed by atoms with E-state index in [0.29, 0.717) is 6.04 Å². The SMILES string of the molecule is CNCC1CN(c2ccc(Br)c(C)c2)CCN1C. The number of aryl methyl sites for hydroxylation is 1. The maximum absolute atomic E-state index is 3.56. The van der Waals surface area contributed by atoms with Crippen molar-refractivity contribution in [2.45, 2.75) is 13.0 Å². The van der Waals surface area contributed by atoms with Gasteiger partial charge >= 0.3 is 0 Å². The van der Waals surface area contributed by atoms with Crippen molar-refractivity contribution in [3.63, 3.8) is 0 Å². The Hall–Kier alpha value is -0.580. The maximum Gasteiger partial charge on any atom is 0.0393 e. The summed E-state index contributed by atoms with van der Waals surface area (Å²) in [7, 11) is 4.24. The van der Waals surface area contributed by atoms with Gasteiger partial charge in [0.2, 0.25) is 0 Å². The summed E-state index contributed by atoms with van der Waals surface area (Å²) in [6.45, 7) is 6.52. The lowest BCUT2D eigenvalue weighted by Gasteiger charge is -2.40. The van der Waals surface area contributed by atoms with Crippen molar-refractivity contribution in [3.8, 4) is 0 Å². The molecule has 1 unspecified atom stereocenters. The third-order valence-electron chi connectivity index (χ3n) is 3.72. The minimum atomic E-state index is 0.590. The monoisotopic (exact) mass is 311 g/mol. The Labute approximate surface area is 118 Å². The average Bonchev–Trinajstić information content (AvgIpc) is 2.36. The normalized spacial score (nSPS) is 21.3. The summed E-state index contributed by atoms with van der Waals surface area (Å²) in [6.07, 6.45) is 0. The van der Waals surface area contributed by atoms with E-state index >= 15 is 0 Å². The van der Waals surface area contributed by atoms with Gasteiger partial charge in [0.05, 0.1) is 0 Å². The first kappa shape index (κ1) is 13.8. The Morgan fingerprint density at radius 2 is 2.17 bits per heavy atom. The number of nitrogens with one attached hydrogen (secondary N) is 1. The molecule has 0 spiro atoms. The van der Waals surface area contributed by atoms with Gasteiger partial charge in [0.15, 0.2) is 0 Å². The van der Waals surface area contributed by atoms with Gasteiger partial charge in [-0.15, -0.1) is 0 Å². The van der Waals surface area contributed by atoms with E-state index in [1.165, 1.54) is 15.7 Å². The van der Waals surface area contributed by atoms with E-state index in [0.717, 1.165) is 26.2 Å². The molecule has 1 saturated heterocycles. The standard InChI is InChI=1S/C14H22BrN3/c1-11-8-12(4-5-14(11)15)18-7-6-17(3)13(10-18)9-16-2/h4-5,8,13,16H,6-7,9-10H2,1-3H3. The molecule has 1 fully saturated rings. The summed E-state index contributed by atoms with van der Waals surface area (Å²) < 4.78 is 1.19. The van der Waals surface area contributed by atoms with Crippen LogP contribution < -0.4 is 10.2 Å². The molecule has 1 heterocycles. The van der Waals surface area contributed by atoms with Gasteiger partial charge in [-0.05, 0) is 44.8 Å². The van der Waals surface area contributed by atoms with Crippen molar-refractivity contribution >= 4 is 21.6 Å². The summed E-state index contributed by atoms with van der Waals surface area (Å²) >= 11 is 3.56. The molecule has 0 aromatic heterocycles. The largest absolute Gasteiger partial charge is 0.369 e. The molecule has 0 radical (unpaired) electrons. The fourth-order valence-corrected chi connectivity index (χ4v) is 2.71. The van der Waals surface area contributed by atoms with Crippen molar-refractivity contribution in [3.05, 3.63) is 28.2 Å². The Morgan fingerprint density at radius 1 is 1.39 bits per heavy atom. The van der Waals surface area contributed by atoms with Crippen LogP contribution in [0.1, 0.15) is 5.56 Å². The highest BCUT2D eigenvalue weighted by Gasteiger charge is 2.23. The molecular weight excluding hydrogens is 290 g/mol. The first-order chi connectivity index (χ1) is 8.61. The lowest BCUT2D eigenvalue weighted by atomic mass is 10.1. The number of likely N-dealkylation sites (N-methyl/N-ethyl adjacent to an activating group) is 2. The van der Waals surface area contributed by atoms with Crippen molar-refractivity contribution in [2.75, 3.05) is 45.2 Å². The summed E-state index contributed by atoms with van der Waals surface area (Å²) in [5.41, 5.74) is 2.64. The first-order valence-electron chi connectivity index (χ1n) is 6.47. The van der Waals surface area contributed by atoms with Gasteiger partial charge in [0.25, 0.3) is 0 Å². The Bertz CT molecular complexity index is 408. The van der Waals surface area contributed by atoms with Crippen molar-refractivity contribution in [1.82, 2.24) is 10.2 Å². The minimum Gasteiger partial charge on any atom is -0.369 e.